The third kappa shape index (κ3) is 4.98. The Balaban J connectivity index is 1.70. The molecular formula is C22H29N3O6. The highest BCUT2D eigenvalue weighted by molar-refractivity contribution is 6.45. The molecule has 1 saturated heterocycles. The van der Waals surface area contributed by atoms with Crippen LogP contribution in [0.15, 0.2) is 18.2 Å². The number of amides is 5. The minimum Gasteiger partial charge on any atom is -0.490 e. The number of unbranched alkanes of at least 4 members (excludes halogenated alkanes) is 1. The van der Waals surface area contributed by atoms with Crippen LogP contribution in [0.4, 0.5) is 4.79 Å². The smallest absolute Gasteiger partial charge is 0.334 e. The molecule has 0 saturated carbocycles. The molecule has 0 spiro atoms. The number of fused-ring (bicyclic) bond motifs is 1. The van der Waals surface area contributed by atoms with Crippen molar-refractivity contribution in [2.45, 2.75) is 46.1 Å². The van der Waals surface area contributed by atoms with Gasteiger partial charge in [-0.1, -0.05) is 33.3 Å². The topological polar surface area (TPSA) is 105 Å². The van der Waals surface area contributed by atoms with Crippen LogP contribution >= 0.6 is 0 Å². The summed E-state index contributed by atoms with van der Waals surface area (Å²) in [5, 5.41) is 2.88. The van der Waals surface area contributed by atoms with E-state index in [1.807, 2.05) is 39.0 Å². The van der Waals surface area contributed by atoms with E-state index in [9.17, 15) is 19.2 Å². The minimum absolute atomic E-state index is 0.0290. The van der Waals surface area contributed by atoms with Gasteiger partial charge in [0.15, 0.2) is 11.5 Å². The van der Waals surface area contributed by atoms with Crippen molar-refractivity contribution in [3.8, 4) is 11.5 Å². The molecule has 168 valence electrons. The number of nitrogens with zero attached hydrogens (tertiary/aromatic N) is 2. The molecule has 5 amide bonds. The van der Waals surface area contributed by atoms with Crippen molar-refractivity contribution in [2.75, 3.05) is 26.3 Å². The van der Waals surface area contributed by atoms with Crippen molar-refractivity contribution in [2.24, 2.45) is 5.92 Å². The van der Waals surface area contributed by atoms with E-state index in [2.05, 4.69) is 5.32 Å². The molecule has 0 radical (unpaired) electrons. The second kappa shape index (κ2) is 9.80. The first kappa shape index (κ1) is 22.6. The van der Waals surface area contributed by atoms with E-state index in [0.29, 0.717) is 36.0 Å². The van der Waals surface area contributed by atoms with Gasteiger partial charge in [-0.15, -0.1) is 0 Å². The lowest BCUT2D eigenvalue weighted by atomic mass is 9.95. The Morgan fingerprint density at radius 2 is 1.74 bits per heavy atom. The molecule has 1 N–H and O–H groups in total. The Hall–Kier alpha value is -3.10. The Bertz CT molecular complexity index is 869. The lowest BCUT2D eigenvalue weighted by Gasteiger charge is -2.25. The first-order valence-corrected chi connectivity index (χ1v) is 10.7. The first-order chi connectivity index (χ1) is 14.8. The van der Waals surface area contributed by atoms with Gasteiger partial charge in [0.05, 0.1) is 19.3 Å². The number of urea groups is 1. The van der Waals surface area contributed by atoms with E-state index < -0.39 is 30.3 Å². The van der Waals surface area contributed by atoms with Crippen LogP contribution in [0.25, 0.3) is 0 Å². The van der Waals surface area contributed by atoms with Gasteiger partial charge in [-0.05, 0) is 30.0 Å². The van der Waals surface area contributed by atoms with E-state index in [4.69, 9.17) is 9.47 Å². The van der Waals surface area contributed by atoms with Crippen LogP contribution in [0.5, 0.6) is 11.5 Å². The van der Waals surface area contributed by atoms with E-state index in [1.54, 1.807) is 0 Å². The van der Waals surface area contributed by atoms with Crippen molar-refractivity contribution in [3.63, 3.8) is 0 Å². The highest BCUT2D eigenvalue weighted by atomic mass is 16.5. The molecular weight excluding hydrogens is 402 g/mol. The Kier molecular flexibility index (Phi) is 7.14. The molecule has 2 aliphatic heterocycles. The molecule has 9 heteroatoms. The maximum atomic E-state index is 12.7. The average molecular weight is 431 g/mol. The fourth-order valence-corrected chi connectivity index (χ4v) is 3.57. The maximum Gasteiger partial charge on any atom is 0.334 e. The number of ether oxygens (including phenoxy) is 2. The van der Waals surface area contributed by atoms with Gasteiger partial charge in [0.1, 0.15) is 6.54 Å². The molecule has 0 aliphatic carbocycles. The summed E-state index contributed by atoms with van der Waals surface area (Å²) >= 11 is 0. The van der Waals surface area contributed by atoms with E-state index >= 15 is 0 Å². The molecule has 1 atom stereocenters. The number of benzene rings is 1. The Morgan fingerprint density at radius 3 is 2.42 bits per heavy atom. The highest BCUT2D eigenvalue weighted by Crippen LogP contribution is 2.34. The number of hydrogen-bond acceptors (Lipinski definition) is 6. The molecule has 2 aliphatic rings. The second-order valence-electron chi connectivity index (χ2n) is 8.03. The monoisotopic (exact) mass is 431 g/mol. The van der Waals surface area contributed by atoms with Gasteiger partial charge < -0.3 is 14.8 Å². The highest BCUT2D eigenvalue weighted by Gasteiger charge is 2.44. The molecule has 1 aromatic carbocycles. The molecule has 0 bridgehead atoms. The zero-order chi connectivity index (χ0) is 22.5. The summed E-state index contributed by atoms with van der Waals surface area (Å²) < 4.78 is 11.4. The molecule has 1 aromatic rings. The SMILES string of the molecule is CCCCN1C(=O)C(=O)N(CC(=O)NC(c2ccc3c(c2)OCCCO3)C(C)C)C1=O. The fourth-order valence-electron chi connectivity index (χ4n) is 3.57. The molecule has 9 nitrogen and oxygen atoms in total. The second-order valence-corrected chi connectivity index (χ2v) is 8.03. The van der Waals surface area contributed by atoms with E-state index in [0.717, 1.165) is 23.3 Å². The molecule has 1 fully saturated rings. The Labute approximate surface area is 181 Å². The van der Waals surface area contributed by atoms with Gasteiger partial charge in [-0.3, -0.25) is 19.3 Å². The van der Waals surface area contributed by atoms with Gasteiger partial charge in [-0.25, -0.2) is 9.69 Å². The van der Waals surface area contributed by atoms with Crippen LogP contribution in [0.2, 0.25) is 0 Å². The van der Waals surface area contributed by atoms with Gasteiger partial charge in [0.25, 0.3) is 0 Å². The molecule has 31 heavy (non-hydrogen) atoms. The number of rotatable bonds is 8. The first-order valence-electron chi connectivity index (χ1n) is 10.7. The molecule has 2 heterocycles. The summed E-state index contributed by atoms with van der Waals surface area (Å²) in [5.41, 5.74) is 0.826. The summed E-state index contributed by atoms with van der Waals surface area (Å²) in [5.74, 6) is -1.05. The fraction of sp³-hybridized carbons (Fsp3) is 0.545. The van der Waals surface area contributed by atoms with Crippen LogP contribution in [-0.2, 0) is 14.4 Å². The lowest BCUT2D eigenvalue weighted by molar-refractivity contribution is -0.144. The average Bonchev–Trinajstić information content (AvgIpc) is 2.91. The predicted octanol–water partition coefficient (Wildman–Crippen LogP) is 2.25. The Morgan fingerprint density at radius 1 is 1.06 bits per heavy atom. The number of carbonyl (C=O) groups excluding carboxylic acids is 4. The zero-order valence-electron chi connectivity index (χ0n) is 18.2. The van der Waals surface area contributed by atoms with Crippen LogP contribution in [-0.4, -0.2) is 59.9 Å². The van der Waals surface area contributed by atoms with Crippen molar-refractivity contribution < 1.29 is 28.7 Å². The van der Waals surface area contributed by atoms with Gasteiger partial charge >= 0.3 is 17.8 Å². The van der Waals surface area contributed by atoms with Crippen LogP contribution < -0.4 is 14.8 Å². The minimum atomic E-state index is -0.965. The largest absolute Gasteiger partial charge is 0.490 e. The molecule has 0 aromatic heterocycles. The lowest BCUT2D eigenvalue weighted by Crippen LogP contribution is -2.43. The van der Waals surface area contributed by atoms with E-state index in [1.165, 1.54) is 0 Å². The van der Waals surface area contributed by atoms with E-state index in [-0.39, 0.29) is 18.5 Å². The number of nitrogens with one attached hydrogen (secondary N) is 1. The summed E-state index contributed by atoms with van der Waals surface area (Å²) in [6, 6.07) is 4.41. The number of imide groups is 2. The van der Waals surface area contributed by atoms with Crippen molar-refractivity contribution in [3.05, 3.63) is 23.8 Å². The summed E-state index contributed by atoms with van der Waals surface area (Å²) in [7, 11) is 0. The summed E-state index contributed by atoms with van der Waals surface area (Å²) in [6.07, 6.45) is 2.17. The van der Waals surface area contributed by atoms with Crippen LogP contribution in [0, 0.1) is 5.92 Å². The van der Waals surface area contributed by atoms with Crippen molar-refractivity contribution in [1.82, 2.24) is 15.1 Å². The molecule has 3 rings (SSSR count). The van der Waals surface area contributed by atoms with Gasteiger partial charge in [0, 0.05) is 13.0 Å². The summed E-state index contributed by atoms with van der Waals surface area (Å²) in [4.78, 5) is 51.1. The van der Waals surface area contributed by atoms with Crippen molar-refractivity contribution >= 4 is 23.8 Å². The van der Waals surface area contributed by atoms with Gasteiger partial charge in [0.2, 0.25) is 5.91 Å². The third-order valence-corrected chi connectivity index (χ3v) is 5.29. The van der Waals surface area contributed by atoms with Crippen LogP contribution in [0.1, 0.15) is 51.6 Å². The number of carbonyl (C=O) groups is 4. The zero-order valence-corrected chi connectivity index (χ0v) is 18.2. The standard InChI is InChI=1S/C22H29N3O6/c1-4-5-9-24-20(27)21(28)25(22(24)29)13-18(26)23-19(14(2)3)15-7-8-16-17(12-15)31-11-6-10-30-16/h7-8,12,14,19H,4-6,9-11,13H2,1-3H3,(H,23,26). The van der Waals surface area contributed by atoms with Gasteiger partial charge in [-0.2, -0.15) is 0 Å². The van der Waals surface area contributed by atoms with Crippen molar-refractivity contribution in [1.29, 1.82) is 0 Å². The summed E-state index contributed by atoms with van der Waals surface area (Å²) in [6.45, 7) is 6.64. The number of hydrogen-bond donors (Lipinski definition) is 1. The molecule has 1 unspecified atom stereocenters. The normalized spacial score (nSPS) is 17.2. The van der Waals surface area contributed by atoms with Crippen LogP contribution in [0.3, 0.4) is 0 Å². The maximum absolute atomic E-state index is 12.7. The quantitative estimate of drug-likeness (QED) is 0.500. The third-order valence-electron chi connectivity index (χ3n) is 5.29. The predicted molar refractivity (Wildman–Crippen MR) is 112 cm³/mol.